The molecule has 0 aliphatic carbocycles. The fourth-order valence-corrected chi connectivity index (χ4v) is 3.20. The van der Waals surface area contributed by atoms with Crippen molar-refractivity contribution in [3.63, 3.8) is 0 Å². The largest absolute Gasteiger partial charge is 0.508 e. The molecule has 0 atom stereocenters. The minimum atomic E-state index is 0.289. The van der Waals surface area contributed by atoms with E-state index in [9.17, 15) is 5.11 Å². The molecule has 3 aromatic carbocycles. The number of rotatable bonds is 5. The molecule has 0 bridgehead atoms. The zero-order valence-electron chi connectivity index (χ0n) is 13.8. The second-order valence-corrected chi connectivity index (χ2v) is 5.96. The van der Waals surface area contributed by atoms with E-state index in [1.807, 2.05) is 60.7 Å². The molecular formula is C21H19N3O. The van der Waals surface area contributed by atoms with Crippen LogP contribution in [0, 0.1) is 0 Å². The third kappa shape index (κ3) is 2.72. The number of para-hydroxylation sites is 2. The SMILES string of the molecule is C=CCn1c(NCc2c(O)ccc3ccccc23)nc2ccccc21. The molecule has 4 nitrogen and oxygen atoms in total. The Morgan fingerprint density at radius 3 is 2.72 bits per heavy atom. The van der Waals surface area contributed by atoms with Crippen LogP contribution in [-0.4, -0.2) is 14.7 Å². The molecule has 0 saturated heterocycles. The zero-order valence-corrected chi connectivity index (χ0v) is 13.8. The molecule has 0 aliphatic rings. The first-order valence-corrected chi connectivity index (χ1v) is 8.27. The number of imidazole rings is 1. The summed E-state index contributed by atoms with van der Waals surface area (Å²) in [6.45, 7) is 5.01. The standard InChI is InChI=1S/C21H19N3O/c1-2-13-24-19-10-6-5-9-18(19)23-21(24)22-14-17-16-8-4-3-7-15(16)11-12-20(17)25/h2-12,25H,1,13-14H2,(H,22,23). The molecule has 0 fully saturated rings. The smallest absolute Gasteiger partial charge is 0.204 e. The van der Waals surface area contributed by atoms with Crippen molar-refractivity contribution < 1.29 is 5.11 Å². The van der Waals surface area contributed by atoms with Crippen molar-refractivity contribution in [3.8, 4) is 5.75 Å². The molecule has 4 heteroatoms. The van der Waals surface area contributed by atoms with E-state index in [4.69, 9.17) is 0 Å². The summed E-state index contributed by atoms with van der Waals surface area (Å²) in [5, 5.41) is 15.8. The Morgan fingerprint density at radius 2 is 1.84 bits per heavy atom. The Hall–Kier alpha value is -3.27. The highest BCUT2D eigenvalue weighted by atomic mass is 16.3. The van der Waals surface area contributed by atoms with Crippen molar-refractivity contribution >= 4 is 27.8 Å². The number of nitrogens with one attached hydrogen (secondary N) is 1. The van der Waals surface area contributed by atoms with Crippen LogP contribution in [0.15, 0.2) is 73.3 Å². The number of nitrogens with zero attached hydrogens (tertiary/aromatic N) is 2. The van der Waals surface area contributed by atoms with Crippen molar-refractivity contribution in [1.29, 1.82) is 0 Å². The summed E-state index contributed by atoms with van der Waals surface area (Å²) >= 11 is 0. The van der Waals surface area contributed by atoms with Gasteiger partial charge in [0, 0.05) is 18.7 Å². The normalized spacial score (nSPS) is 11.0. The van der Waals surface area contributed by atoms with Crippen molar-refractivity contribution in [1.82, 2.24) is 9.55 Å². The van der Waals surface area contributed by atoms with Crippen molar-refractivity contribution in [2.45, 2.75) is 13.1 Å². The van der Waals surface area contributed by atoms with E-state index < -0.39 is 0 Å². The fourth-order valence-electron chi connectivity index (χ4n) is 3.20. The van der Waals surface area contributed by atoms with Gasteiger partial charge < -0.3 is 15.0 Å². The van der Waals surface area contributed by atoms with Gasteiger partial charge in [0.1, 0.15) is 5.75 Å². The van der Waals surface area contributed by atoms with E-state index in [2.05, 4.69) is 21.4 Å². The molecule has 0 amide bonds. The average Bonchev–Trinajstić information content (AvgIpc) is 2.99. The first-order chi connectivity index (χ1) is 12.3. The van der Waals surface area contributed by atoms with E-state index >= 15 is 0 Å². The van der Waals surface area contributed by atoms with Gasteiger partial charge in [-0.1, -0.05) is 48.5 Å². The molecule has 0 radical (unpaired) electrons. The highest BCUT2D eigenvalue weighted by Crippen LogP contribution is 2.28. The van der Waals surface area contributed by atoms with Crippen LogP contribution in [0.2, 0.25) is 0 Å². The number of fused-ring (bicyclic) bond motifs is 2. The second kappa shape index (κ2) is 6.32. The van der Waals surface area contributed by atoms with Crippen LogP contribution in [0.3, 0.4) is 0 Å². The van der Waals surface area contributed by atoms with Gasteiger partial charge in [-0.25, -0.2) is 4.98 Å². The monoisotopic (exact) mass is 329 g/mol. The molecule has 2 N–H and O–H groups in total. The summed E-state index contributed by atoms with van der Waals surface area (Å²) in [6, 6.07) is 19.8. The van der Waals surface area contributed by atoms with Crippen LogP contribution < -0.4 is 5.32 Å². The number of hydrogen-bond donors (Lipinski definition) is 2. The lowest BCUT2D eigenvalue weighted by atomic mass is 10.0. The summed E-state index contributed by atoms with van der Waals surface area (Å²) in [4.78, 5) is 4.68. The molecule has 0 saturated carbocycles. The molecular weight excluding hydrogens is 310 g/mol. The van der Waals surface area contributed by atoms with E-state index in [1.165, 1.54) is 0 Å². The first kappa shape index (κ1) is 15.3. The molecule has 4 aromatic rings. The fraction of sp³-hybridized carbons (Fsp3) is 0.0952. The van der Waals surface area contributed by atoms with Gasteiger partial charge in [-0.05, 0) is 29.0 Å². The Kier molecular flexibility index (Phi) is 3.86. The molecule has 1 heterocycles. The lowest BCUT2D eigenvalue weighted by molar-refractivity contribution is 0.470. The number of phenols is 1. The summed E-state index contributed by atoms with van der Waals surface area (Å²) in [5.74, 6) is 1.06. The van der Waals surface area contributed by atoms with Crippen molar-refractivity contribution in [3.05, 3.63) is 78.9 Å². The Morgan fingerprint density at radius 1 is 1.04 bits per heavy atom. The number of aromatic hydroxyl groups is 1. The summed E-state index contributed by atoms with van der Waals surface area (Å²) in [7, 11) is 0. The van der Waals surface area contributed by atoms with E-state index in [0.29, 0.717) is 13.1 Å². The van der Waals surface area contributed by atoms with E-state index in [0.717, 1.165) is 33.3 Å². The van der Waals surface area contributed by atoms with Gasteiger partial charge in [-0.3, -0.25) is 0 Å². The lowest BCUT2D eigenvalue weighted by Crippen LogP contribution is -2.07. The van der Waals surface area contributed by atoms with Crippen LogP contribution in [-0.2, 0) is 13.1 Å². The molecule has 0 aliphatic heterocycles. The second-order valence-electron chi connectivity index (χ2n) is 5.96. The van der Waals surface area contributed by atoms with Gasteiger partial charge in [0.25, 0.3) is 0 Å². The number of hydrogen-bond acceptors (Lipinski definition) is 3. The summed E-state index contributed by atoms with van der Waals surface area (Å²) in [6.07, 6.45) is 1.86. The van der Waals surface area contributed by atoms with Gasteiger partial charge in [0.15, 0.2) is 0 Å². The minimum Gasteiger partial charge on any atom is -0.508 e. The number of aromatic nitrogens is 2. The highest BCUT2D eigenvalue weighted by molar-refractivity contribution is 5.88. The Labute approximate surface area is 146 Å². The predicted octanol–water partition coefficient (Wildman–Crippen LogP) is 4.69. The molecule has 0 unspecified atom stereocenters. The maximum atomic E-state index is 10.3. The van der Waals surface area contributed by atoms with Crippen LogP contribution in [0.1, 0.15) is 5.56 Å². The Bertz CT molecular complexity index is 1070. The number of allylic oxidation sites excluding steroid dienone is 1. The van der Waals surface area contributed by atoms with Crippen molar-refractivity contribution in [2.75, 3.05) is 5.32 Å². The predicted molar refractivity (Wildman–Crippen MR) is 103 cm³/mol. The van der Waals surface area contributed by atoms with Gasteiger partial charge in [-0.2, -0.15) is 0 Å². The van der Waals surface area contributed by atoms with Crippen LogP contribution in [0.25, 0.3) is 21.8 Å². The number of anilines is 1. The molecule has 4 rings (SSSR count). The maximum absolute atomic E-state index is 10.3. The summed E-state index contributed by atoms with van der Waals surface area (Å²) in [5.41, 5.74) is 2.87. The third-order valence-electron chi connectivity index (χ3n) is 4.41. The Balaban J connectivity index is 1.73. The van der Waals surface area contributed by atoms with Gasteiger partial charge in [0.05, 0.1) is 11.0 Å². The average molecular weight is 329 g/mol. The first-order valence-electron chi connectivity index (χ1n) is 8.27. The third-order valence-corrected chi connectivity index (χ3v) is 4.41. The quantitative estimate of drug-likeness (QED) is 0.522. The molecule has 25 heavy (non-hydrogen) atoms. The van der Waals surface area contributed by atoms with Gasteiger partial charge in [-0.15, -0.1) is 6.58 Å². The molecule has 0 spiro atoms. The van der Waals surface area contributed by atoms with Crippen LogP contribution >= 0.6 is 0 Å². The molecule has 1 aromatic heterocycles. The van der Waals surface area contributed by atoms with Crippen molar-refractivity contribution in [2.24, 2.45) is 0 Å². The number of benzene rings is 3. The zero-order chi connectivity index (χ0) is 17.2. The highest BCUT2D eigenvalue weighted by Gasteiger charge is 2.11. The van der Waals surface area contributed by atoms with E-state index in [1.54, 1.807) is 6.07 Å². The number of phenolic OH excluding ortho intramolecular Hbond substituents is 1. The minimum absolute atomic E-state index is 0.289. The van der Waals surface area contributed by atoms with Gasteiger partial charge >= 0.3 is 0 Å². The topological polar surface area (TPSA) is 50.1 Å². The van der Waals surface area contributed by atoms with Gasteiger partial charge in [0.2, 0.25) is 5.95 Å². The van der Waals surface area contributed by atoms with Crippen LogP contribution in [0.5, 0.6) is 5.75 Å². The van der Waals surface area contributed by atoms with Crippen LogP contribution in [0.4, 0.5) is 5.95 Å². The maximum Gasteiger partial charge on any atom is 0.204 e. The van der Waals surface area contributed by atoms with E-state index in [-0.39, 0.29) is 5.75 Å². The lowest BCUT2D eigenvalue weighted by Gasteiger charge is -2.12. The summed E-state index contributed by atoms with van der Waals surface area (Å²) < 4.78 is 2.09. The molecule has 124 valence electrons.